The van der Waals surface area contributed by atoms with Gasteiger partial charge in [-0.1, -0.05) is 279 Å². The fraction of sp³-hybridized carbons (Fsp3) is 0.753. The van der Waals surface area contributed by atoms with E-state index >= 15 is 0 Å². The molecule has 0 aliphatic carbocycles. The molecule has 19 heteroatoms. The van der Waals surface area contributed by atoms with Crippen molar-refractivity contribution in [3.63, 3.8) is 0 Å². The summed E-state index contributed by atoms with van der Waals surface area (Å²) in [6.45, 7) is 4.68. The number of carbonyl (C=O) groups excluding carboxylic acids is 4. The summed E-state index contributed by atoms with van der Waals surface area (Å²) in [7, 11) is -9.96. The van der Waals surface area contributed by atoms with Crippen LogP contribution in [-0.2, 0) is 65.4 Å². The standard InChI is InChI=1S/C81H142O17P2/c1-5-9-13-17-21-25-29-32-35-36-37-38-41-43-47-50-54-58-62-66-79(84)92-72-77(98-81(86)68-64-60-56-52-48-44-40-34-31-27-23-19-15-11-7-3)74-96-100(89,90)94-70-75(82)69-93-99(87,88)95-73-76(97-80(85)67-63-59-55-51-45-28-24-20-16-12-8-4)71-91-78(83)65-61-57-53-49-46-42-39-33-30-26-22-18-14-10-6-2/h11,15,21,23,25,27,32-35,37-40,48,52,75-77,82H,5-10,12-14,16-20,22,24,26,28-31,36,41-47,49-51,53-74H2,1-4H3,(H,87,88)(H,89,90)/b15-11-,25-21-,27-23-,35-32-,38-37-,39-33-,40-34-,52-48-. The molecule has 17 nitrogen and oxygen atoms in total. The number of phosphoric acid groups is 2. The fourth-order valence-electron chi connectivity index (χ4n) is 10.5. The predicted octanol–water partition coefficient (Wildman–Crippen LogP) is 22.8. The number of aliphatic hydroxyl groups excluding tert-OH is 1. The van der Waals surface area contributed by atoms with Gasteiger partial charge in [-0.3, -0.25) is 37.3 Å². The van der Waals surface area contributed by atoms with E-state index in [0.717, 1.165) is 154 Å². The second kappa shape index (κ2) is 73.3. The smallest absolute Gasteiger partial charge is 0.462 e. The Bertz CT molecular complexity index is 2270. The molecule has 0 spiro atoms. The van der Waals surface area contributed by atoms with E-state index in [1.165, 1.54) is 96.3 Å². The first kappa shape index (κ1) is 96.0. The number of esters is 4. The van der Waals surface area contributed by atoms with Gasteiger partial charge in [-0.15, -0.1) is 0 Å². The number of carbonyl (C=O) groups is 4. The molecule has 0 amide bonds. The quantitative estimate of drug-likeness (QED) is 0.0169. The molecule has 0 saturated carbocycles. The Morgan fingerprint density at radius 3 is 0.850 bits per heavy atom. The lowest BCUT2D eigenvalue weighted by atomic mass is 10.1. The second-order valence-electron chi connectivity index (χ2n) is 26.3. The van der Waals surface area contributed by atoms with Gasteiger partial charge in [-0.2, -0.15) is 0 Å². The molecule has 5 unspecified atom stereocenters. The molecular weight excluding hydrogens is 1310 g/mol. The highest BCUT2D eigenvalue weighted by Crippen LogP contribution is 2.45. The van der Waals surface area contributed by atoms with Crippen molar-refractivity contribution in [2.24, 2.45) is 0 Å². The van der Waals surface area contributed by atoms with Gasteiger partial charge >= 0.3 is 39.5 Å². The summed E-state index contributed by atoms with van der Waals surface area (Å²) in [5.41, 5.74) is 0. The lowest BCUT2D eigenvalue weighted by molar-refractivity contribution is -0.161. The maximum Gasteiger partial charge on any atom is 0.472 e. The van der Waals surface area contributed by atoms with Crippen LogP contribution in [0, 0.1) is 0 Å². The first-order valence-electron chi connectivity index (χ1n) is 39.5. The van der Waals surface area contributed by atoms with Crippen LogP contribution in [0.3, 0.4) is 0 Å². The average molecular weight is 1450 g/mol. The van der Waals surface area contributed by atoms with E-state index in [9.17, 15) is 43.2 Å². The van der Waals surface area contributed by atoms with Gasteiger partial charge in [-0.05, 0) is 128 Å². The maximum absolute atomic E-state index is 13.1. The lowest BCUT2D eigenvalue weighted by Gasteiger charge is -2.21. The van der Waals surface area contributed by atoms with Crippen LogP contribution in [0.5, 0.6) is 0 Å². The monoisotopic (exact) mass is 1450 g/mol. The Morgan fingerprint density at radius 2 is 0.520 bits per heavy atom. The number of ether oxygens (including phenoxy) is 4. The predicted molar refractivity (Wildman–Crippen MR) is 409 cm³/mol. The van der Waals surface area contributed by atoms with Crippen molar-refractivity contribution < 1.29 is 80.2 Å². The molecular formula is C81H142O17P2. The normalized spacial score (nSPS) is 14.4. The van der Waals surface area contributed by atoms with Crippen molar-refractivity contribution in [3.8, 4) is 0 Å². The van der Waals surface area contributed by atoms with Crippen LogP contribution in [0.1, 0.15) is 336 Å². The van der Waals surface area contributed by atoms with Gasteiger partial charge in [0, 0.05) is 25.7 Å². The number of aliphatic hydroxyl groups is 1. The van der Waals surface area contributed by atoms with E-state index in [1.807, 2.05) is 0 Å². The molecule has 0 aromatic heterocycles. The average Bonchev–Trinajstić information content (AvgIpc) is 0.926. The number of allylic oxidation sites excluding steroid dienone is 16. The van der Waals surface area contributed by atoms with E-state index in [4.69, 9.17) is 37.0 Å². The number of rotatable bonds is 74. The van der Waals surface area contributed by atoms with Crippen molar-refractivity contribution in [2.45, 2.75) is 354 Å². The molecule has 0 saturated heterocycles. The van der Waals surface area contributed by atoms with Crippen molar-refractivity contribution in [1.82, 2.24) is 0 Å². The number of unbranched alkanes of at least 4 members (excludes halogenated alkanes) is 32. The van der Waals surface area contributed by atoms with Gasteiger partial charge in [0.1, 0.15) is 19.3 Å². The maximum atomic E-state index is 13.1. The third-order valence-corrected chi connectivity index (χ3v) is 18.4. The van der Waals surface area contributed by atoms with E-state index in [1.54, 1.807) is 0 Å². The SMILES string of the molecule is CC/C=C\C/C=C\C/C=C\C/C=C\CCCCC(=O)OC(COC(=O)CCCCCCCC/C=C\C/C=C\C/C=C\CCCCC)COP(=O)(O)OCC(O)COP(=O)(O)OCC(COC(=O)CCCCCCC/C=C\CCCCCCCC)OC(=O)CCCCCCCCCCCCC. The molecule has 0 rings (SSSR count). The Kier molecular flexibility index (Phi) is 70.4. The van der Waals surface area contributed by atoms with Gasteiger partial charge in [0.15, 0.2) is 12.2 Å². The van der Waals surface area contributed by atoms with Crippen LogP contribution >= 0.6 is 15.6 Å². The van der Waals surface area contributed by atoms with Crippen LogP contribution in [0.15, 0.2) is 97.2 Å². The molecule has 0 aromatic carbocycles. The molecule has 0 aromatic rings. The fourth-order valence-corrected chi connectivity index (χ4v) is 12.1. The Hall–Kier alpha value is -4.02. The minimum atomic E-state index is -4.99. The Balaban J connectivity index is 5.35. The van der Waals surface area contributed by atoms with E-state index in [0.29, 0.717) is 32.1 Å². The molecule has 0 heterocycles. The van der Waals surface area contributed by atoms with Crippen molar-refractivity contribution in [3.05, 3.63) is 97.2 Å². The van der Waals surface area contributed by atoms with Crippen LogP contribution in [-0.4, -0.2) is 96.7 Å². The highest BCUT2D eigenvalue weighted by Gasteiger charge is 2.30. The highest BCUT2D eigenvalue weighted by molar-refractivity contribution is 7.47. The third kappa shape index (κ3) is 72.3. The van der Waals surface area contributed by atoms with Crippen molar-refractivity contribution in [2.75, 3.05) is 39.6 Å². The van der Waals surface area contributed by atoms with Gasteiger partial charge in [-0.25, -0.2) is 9.13 Å². The van der Waals surface area contributed by atoms with Crippen LogP contribution in [0.4, 0.5) is 0 Å². The van der Waals surface area contributed by atoms with Gasteiger partial charge in [0.05, 0.1) is 26.4 Å². The van der Waals surface area contributed by atoms with Gasteiger partial charge in [0.25, 0.3) is 0 Å². The first-order chi connectivity index (χ1) is 48.7. The van der Waals surface area contributed by atoms with E-state index < -0.39 is 97.5 Å². The summed E-state index contributed by atoms with van der Waals surface area (Å²) in [6.07, 6.45) is 76.8. The second-order valence-corrected chi connectivity index (χ2v) is 29.2. The molecule has 0 radical (unpaired) electrons. The summed E-state index contributed by atoms with van der Waals surface area (Å²) >= 11 is 0. The van der Waals surface area contributed by atoms with Gasteiger partial charge < -0.3 is 33.8 Å². The minimum Gasteiger partial charge on any atom is -0.462 e. The highest BCUT2D eigenvalue weighted by atomic mass is 31.2. The zero-order valence-corrected chi connectivity index (χ0v) is 64.9. The zero-order chi connectivity index (χ0) is 73.2. The Labute approximate surface area is 607 Å². The molecule has 5 atom stereocenters. The number of phosphoric ester groups is 2. The van der Waals surface area contributed by atoms with Crippen molar-refractivity contribution in [1.29, 1.82) is 0 Å². The van der Waals surface area contributed by atoms with E-state index in [2.05, 4.69) is 125 Å². The number of hydrogen-bond acceptors (Lipinski definition) is 15. The Morgan fingerprint density at radius 1 is 0.290 bits per heavy atom. The molecule has 0 fully saturated rings. The van der Waals surface area contributed by atoms with Crippen LogP contribution in [0.2, 0.25) is 0 Å². The zero-order valence-electron chi connectivity index (χ0n) is 63.1. The third-order valence-electron chi connectivity index (χ3n) is 16.5. The first-order valence-corrected chi connectivity index (χ1v) is 42.5. The summed E-state index contributed by atoms with van der Waals surface area (Å²) < 4.78 is 68.5. The van der Waals surface area contributed by atoms with E-state index in [-0.39, 0.29) is 25.7 Å². The summed E-state index contributed by atoms with van der Waals surface area (Å²) in [4.78, 5) is 72.9. The van der Waals surface area contributed by atoms with Crippen LogP contribution in [0.25, 0.3) is 0 Å². The van der Waals surface area contributed by atoms with Crippen LogP contribution < -0.4 is 0 Å². The molecule has 3 N–H and O–H groups in total. The number of hydrogen-bond donors (Lipinski definition) is 3. The summed E-state index contributed by atoms with van der Waals surface area (Å²) in [6, 6.07) is 0. The lowest BCUT2D eigenvalue weighted by Crippen LogP contribution is -2.30. The molecule has 0 aliphatic heterocycles. The largest absolute Gasteiger partial charge is 0.472 e. The molecule has 578 valence electrons. The molecule has 0 aliphatic rings. The minimum absolute atomic E-state index is 0.0396. The van der Waals surface area contributed by atoms with Crippen molar-refractivity contribution >= 4 is 39.5 Å². The molecule has 0 bridgehead atoms. The summed E-state index contributed by atoms with van der Waals surface area (Å²) in [5, 5.41) is 10.6. The van der Waals surface area contributed by atoms with Gasteiger partial charge in [0.2, 0.25) is 0 Å². The summed E-state index contributed by atoms with van der Waals surface area (Å²) in [5.74, 6) is -2.23. The topological polar surface area (TPSA) is 237 Å². The molecule has 100 heavy (non-hydrogen) atoms.